The molecular formula is C19H18N2O4S. The number of Topliss-reactive ketones (excluding diaryl/α,β-unsaturated/α-hetero) is 1. The van der Waals surface area contributed by atoms with Crippen molar-refractivity contribution in [1.82, 2.24) is 4.98 Å². The van der Waals surface area contributed by atoms with Crippen LogP contribution < -0.4 is 5.32 Å². The monoisotopic (exact) mass is 370 g/mol. The zero-order valence-electron chi connectivity index (χ0n) is 14.3. The number of nitrogens with zero attached hydrogens (tertiary/aromatic N) is 1. The molecule has 0 aromatic carbocycles. The molecule has 0 unspecified atom stereocenters. The van der Waals surface area contributed by atoms with Gasteiger partial charge < -0.3 is 10.1 Å². The Balaban J connectivity index is 1.52. The lowest BCUT2D eigenvalue weighted by Gasteiger charge is -2.52. The van der Waals surface area contributed by atoms with Crippen molar-refractivity contribution in [3.8, 4) is 10.4 Å². The summed E-state index contributed by atoms with van der Waals surface area (Å²) in [4.78, 5) is 41.1. The number of nitrogens with one attached hydrogen (secondary N) is 1. The van der Waals surface area contributed by atoms with Crippen molar-refractivity contribution in [1.29, 1.82) is 0 Å². The summed E-state index contributed by atoms with van der Waals surface area (Å²) < 4.78 is 4.85. The number of hydrogen-bond acceptors (Lipinski definition) is 6. The van der Waals surface area contributed by atoms with Gasteiger partial charge in [0.15, 0.2) is 0 Å². The molecule has 0 aliphatic heterocycles. The summed E-state index contributed by atoms with van der Waals surface area (Å²) in [6.07, 6.45) is 6.07. The quantitative estimate of drug-likeness (QED) is 0.835. The molecule has 1 amide bonds. The molecule has 2 aromatic heterocycles. The van der Waals surface area contributed by atoms with Gasteiger partial charge in [-0.1, -0.05) is 0 Å². The topological polar surface area (TPSA) is 85.4 Å². The average molecular weight is 370 g/mol. The number of aromatic nitrogens is 1. The van der Waals surface area contributed by atoms with Crippen molar-refractivity contribution in [3.63, 3.8) is 0 Å². The maximum Gasteiger partial charge on any atom is 0.350 e. The van der Waals surface area contributed by atoms with Gasteiger partial charge in [0.25, 0.3) is 0 Å². The second kappa shape index (κ2) is 6.32. The van der Waals surface area contributed by atoms with Gasteiger partial charge in [-0.15, -0.1) is 11.3 Å². The van der Waals surface area contributed by atoms with Crippen LogP contribution in [-0.2, 0) is 14.3 Å². The summed E-state index contributed by atoms with van der Waals surface area (Å²) in [6.45, 7) is 0. The third-order valence-corrected chi connectivity index (χ3v) is 6.36. The van der Waals surface area contributed by atoms with Crippen molar-refractivity contribution in [2.75, 3.05) is 12.4 Å². The second-order valence-corrected chi connectivity index (χ2v) is 8.12. The highest BCUT2D eigenvalue weighted by atomic mass is 32.1. The lowest BCUT2D eigenvalue weighted by atomic mass is 9.51. The molecule has 0 radical (unpaired) electrons. The third kappa shape index (κ3) is 2.92. The number of methoxy groups -OCH3 is 1. The largest absolute Gasteiger partial charge is 0.465 e. The molecule has 2 fully saturated rings. The average Bonchev–Trinajstić information content (AvgIpc) is 3.00. The summed E-state index contributed by atoms with van der Waals surface area (Å²) in [5.74, 6) is -0.381. The predicted molar refractivity (Wildman–Crippen MR) is 96.9 cm³/mol. The van der Waals surface area contributed by atoms with E-state index >= 15 is 0 Å². The fourth-order valence-electron chi connectivity index (χ4n) is 3.87. The van der Waals surface area contributed by atoms with Crippen LogP contribution in [0.1, 0.15) is 35.4 Å². The summed E-state index contributed by atoms with van der Waals surface area (Å²) in [6, 6.07) is 5.50. The Bertz CT molecular complexity index is 874. The molecular weight excluding hydrogens is 352 g/mol. The maximum absolute atomic E-state index is 12.6. The van der Waals surface area contributed by atoms with Crippen LogP contribution in [0.4, 0.5) is 5.69 Å². The van der Waals surface area contributed by atoms with E-state index < -0.39 is 5.97 Å². The van der Waals surface area contributed by atoms with Gasteiger partial charge in [-0.2, -0.15) is 0 Å². The molecule has 4 rings (SSSR count). The highest BCUT2D eigenvalue weighted by Gasteiger charge is 2.54. The number of pyridine rings is 1. The number of carbonyl (C=O) groups excluding carboxylic acids is 3. The number of carbonyl (C=O) groups is 3. The lowest BCUT2D eigenvalue weighted by molar-refractivity contribution is -0.148. The molecule has 2 aliphatic rings. The van der Waals surface area contributed by atoms with E-state index in [2.05, 4.69) is 10.3 Å². The molecule has 134 valence electrons. The van der Waals surface area contributed by atoms with Crippen LogP contribution in [0.15, 0.2) is 30.6 Å². The molecule has 2 aliphatic carbocycles. The van der Waals surface area contributed by atoms with E-state index in [9.17, 15) is 14.4 Å². The fraction of sp³-hybridized carbons (Fsp3) is 0.368. The molecule has 0 bridgehead atoms. The summed E-state index contributed by atoms with van der Waals surface area (Å²) >= 11 is 1.28. The molecule has 2 heterocycles. The number of ketones is 1. The number of hydrogen-bond donors (Lipinski definition) is 1. The molecule has 6 nitrogen and oxygen atoms in total. The van der Waals surface area contributed by atoms with Crippen LogP contribution in [0.5, 0.6) is 0 Å². The Morgan fingerprint density at radius 1 is 1.27 bits per heavy atom. The number of anilines is 1. The second-order valence-electron chi connectivity index (χ2n) is 7.07. The molecule has 0 saturated heterocycles. The molecule has 1 N–H and O–H groups in total. The van der Waals surface area contributed by atoms with Gasteiger partial charge in [0, 0.05) is 36.0 Å². The zero-order chi connectivity index (χ0) is 18.3. The number of esters is 1. The summed E-state index contributed by atoms with van der Waals surface area (Å²) in [5.41, 5.74) is 1.47. The Morgan fingerprint density at radius 3 is 2.58 bits per heavy atom. The minimum Gasteiger partial charge on any atom is -0.465 e. The minimum absolute atomic E-state index is 0.0705. The van der Waals surface area contributed by atoms with Crippen molar-refractivity contribution in [2.24, 2.45) is 11.3 Å². The van der Waals surface area contributed by atoms with E-state index in [1.165, 1.54) is 18.4 Å². The van der Waals surface area contributed by atoms with Gasteiger partial charge in [0.1, 0.15) is 10.7 Å². The molecule has 2 aromatic rings. The molecule has 7 heteroatoms. The Morgan fingerprint density at radius 2 is 1.96 bits per heavy atom. The van der Waals surface area contributed by atoms with Crippen molar-refractivity contribution in [3.05, 3.63) is 35.5 Å². The number of ether oxygens (including phenoxy) is 1. The smallest absolute Gasteiger partial charge is 0.350 e. The van der Waals surface area contributed by atoms with E-state index in [1.54, 1.807) is 18.5 Å². The number of amides is 1. The molecule has 26 heavy (non-hydrogen) atoms. The maximum atomic E-state index is 12.6. The Kier molecular flexibility index (Phi) is 4.11. The van der Waals surface area contributed by atoms with Crippen molar-refractivity contribution >= 4 is 34.7 Å². The number of thiophene rings is 1. The van der Waals surface area contributed by atoms with Gasteiger partial charge in [-0.05, 0) is 42.0 Å². The SMILES string of the molecule is COC(=O)c1sc(-c2ccncc2)cc1NC(=O)C1CC2(CC(=O)C2)C1. The van der Waals surface area contributed by atoms with Gasteiger partial charge in [-0.25, -0.2) is 4.79 Å². The zero-order valence-corrected chi connectivity index (χ0v) is 15.1. The van der Waals surface area contributed by atoms with Crippen LogP contribution in [0, 0.1) is 11.3 Å². The summed E-state index contributed by atoms with van der Waals surface area (Å²) in [5, 5.41) is 2.89. The van der Waals surface area contributed by atoms with E-state index in [1.807, 2.05) is 12.1 Å². The van der Waals surface area contributed by atoms with Gasteiger partial charge >= 0.3 is 5.97 Å². The Hall–Kier alpha value is -2.54. The predicted octanol–water partition coefficient (Wildman–Crippen LogP) is 3.29. The van der Waals surface area contributed by atoms with Crippen LogP contribution >= 0.6 is 11.3 Å². The molecule has 2 saturated carbocycles. The normalized spacial score (nSPS) is 18.1. The highest BCUT2D eigenvalue weighted by molar-refractivity contribution is 7.18. The first-order valence-electron chi connectivity index (χ1n) is 8.45. The van der Waals surface area contributed by atoms with Crippen LogP contribution in [0.25, 0.3) is 10.4 Å². The first-order chi connectivity index (χ1) is 12.5. The highest BCUT2D eigenvalue weighted by Crippen LogP contribution is 2.57. The first-order valence-corrected chi connectivity index (χ1v) is 9.26. The van der Waals surface area contributed by atoms with E-state index in [0.717, 1.165) is 23.3 Å². The first kappa shape index (κ1) is 16.9. The lowest BCUT2D eigenvalue weighted by Crippen LogP contribution is -2.51. The Labute approximate surface area is 154 Å². The molecule has 1 spiro atoms. The van der Waals surface area contributed by atoms with E-state index in [4.69, 9.17) is 4.74 Å². The van der Waals surface area contributed by atoms with Crippen molar-refractivity contribution in [2.45, 2.75) is 25.7 Å². The van der Waals surface area contributed by atoms with Crippen LogP contribution in [0.2, 0.25) is 0 Å². The molecule has 0 atom stereocenters. The number of rotatable bonds is 4. The van der Waals surface area contributed by atoms with Gasteiger partial charge in [-0.3, -0.25) is 14.6 Å². The van der Waals surface area contributed by atoms with Crippen LogP contribution in [-0.4, -0.2) is 29.8 Å². The van der Waals surface area contributed by atoms with Gasteiger partial charge in [0.05, 0.1) is 12.8 Å². The van der Waals surface area contributed by atoms with E-state index in [0.29, 0.717) is 23.4 Å². The minimum atomic E-state index is -0.472. The summed E-state index contributed by atoms with van der Waals surface area (Å²) in [7, 11) is 1.32. The third-order valence-electron chi connectivity index (χ3n) is 5.20. The van der Waals surface area contributed by atoms with Crippen molar-refractivity contribution < 1.29 is 19.1 Å². The standard InChI is InChI=1S/C19H18N2O4S/c1-25-18(24)16-14(6-15(26-16)11-2-4-20-5-3-11)21-17(23)12-7-19(8-12)9-13(22)10-19/h2-6,12H,7-10H2,1H3,(H,21,23). The van der Waals surface area contributed by atoms with Crippen LogP contribution in [0.3, 0.4) is 0 Å². The fourth-order valence-corrected chi connectivity index (χ4v) is 4.90. The van der Waals surface area contributed by atoms with E-state index in [-0.39, 0.29) is 23.0 Å². The van der Waals surface area contributed by atoms with Gasteiger partial charge in [0.2, 0.25) is 5.91 Å².